The Bertz CT molecular complexity index is 1150. The van der Waals surface area contributed by atoms with Gasteiger partial charge in [-0.3, -0.25) is 9.88 Å². The summed E-state index contributed by atoms with van der Waals surface area (Å²) >= 11 is 0. The number of anilines is 1. The molecule has 0 saturated carbocycles. The average Bonchev–Trinajstić information content (AvgIpc) is 3.30. The second-order valence-corrected chi connectivity index (χ2v) is 9.01. The first-order chi connectivity index (χ1) is 15.3. The standard InChI is InChI=1S/C27H28N4/c1-2-5-21(6-3-1)16-31-24-9-10-25(31)19-30(18-24)27-8-4-7-23-17-29(20-26(23)27)15-22-11-13-28-14-12-22/h1-8,11-14,17,20,24-25H,9-10,15-16,18-19H2. The van der Waals surface area contributed by atoms with Crippen molar-refractivity contribution >= 4 is 16.5 Å². The minimum absolute atomic E-state index is 0.646. The molecule has 0 aliphatic carbocycles. The van der Waals surface area contributed by atoms with E-state index in [1.165, 1.54) is 40.4 Å². The van der Waals surface area contributed by atoms with E-state index in [4.69, 9.17) is 0 Å². The topological polar surface area (TPSA) is 24.3 Å². The third-order valence-electron chi connectivity index (χ3n) is 7.01. The van der Waals surface area contributed by atoms with Gasteiger partial charge in [0.05, 0.1) is 0 Å². The van der Waals surface area contributed by atoms with E-state index in [1.54, 1.807) is 0 Å². The third-order valence-corrected chi connectivity index (χ3v) is 7.01. The number of benzene rings is 2. The summed E-state index contributed by atoms with van der Waals surface area (Å²) in [6.07, 6.45) is 11.0. The first kappa shape index (κ1) is 18.6. The molecule has 31 heavy (non-hydrogen) atoms. The zero-order chi connectivity index (χ0) is 20.6. The van der Waals surface area contributed by atoms with Gasteiger partial charge >= 0.3 is 0 Å². The molecule has 2 atom stereocenters. The zero-order valence-corrected chi connectivity index (χ0v) is 17.8. The van der Waals surface area contributed by atoms with Crippen LogP contribution in [0.4, 0.5) is 5.69 Å². The molecule has 0 amide bonds. The van der Waals surface area contributed by atoms with Gasteiger partial charge in [0.2, 0.25) is 0 Å². The summed E-state index contributed by atoms with van der Waals surface area (Å²) in [5.74, 6) is 0. The van der Waals surface area contributed by atoms with Crippen LogP contribution in [0.3, 0.4) is 0 Å². The second kappa shape index (κ2) is 7.86. The van der Waals surface area contributed by atoms with Gasteiger partial charge in [0.1, 0.15) is 0 Å². The Morgan fingerprint density at radius 2 is 1.48 bits per heavy atom. The van der Waals surface area contributed by atoms with Crippen molar-refractivity contribution in [3.8, 4) is 0 Å². The fraction of sp³-hybridized carbons (Fsp3) is 0.296. The van der Waals surface area contributed by atoms with Crippen LogP contribution in [0.5, 0.6) is 0 Å². The van der Waals surface area contributed by atoms with Gasteiger partial charge in [-0.25, -0.2) is 0 Å². The second-order valence-electron chi connectivity index (χ2n) is 9.01. The fourth-order valence-electron chi connectivity index (χ4n) is 5.51. The Balaban J connectivity index is 1.24. The predicted molar refractivity (Wildman–Crippen MR) is 126 cm³/mol. The molecule has 6 rings (SSSR count). The molecule has 4 nitrogen and oxygen atoms in total. The smallest absolute Gasteiger partial charge is 0.0471 e. The highest BCUT2D eigenvalue weighted by Crippen LogP contribution is 2.36. The van der Waals surface area contributed by atoms with Crippen LogP contribution in [0.1, 0.15) is 24.0 Å². The molecule has 2 aromatic heterocycles. The molecule has 0 radical (unpaired) electrons. The molecular formula is C27H28N4. The Labute approximate surface area is 183 Å². The molecule has 2 aliphatic rings. The molecule has 2 aliphatic heterocycles. The maximum Gasteiger partial charge on any atom is 0.0471 e. The molecule has 156 valence electrons. The number of fused-ring (bicyclic) bond motifs is 3. The van der Waals surface area contributed by atoms with E-state index >= 15 is 0 Å². The number of rotatable bonds is 5. The lowest BCUT2D eigenvalue weighted by atomic mass is 10.1. The molecule has 2 bridgehead atoms. The predicted octanol–water partition coefficient (Wildman–Crippen LogP) is 4.94. The molecule has 2 fully saturated rings. The monoisotopic (exact) mass is 408 g/mol. The summed E-state index contributed by atoms with van der Waals surface area (Å²) in [6, 6.07) is 23.2. The maximum atomic E-state index is 4.14. The van der Waals surface area contributed by atoms with Crippen molar-refractivity contribution in [1.29, 1.82) is 0 Å². The number of hydrogen-bond acceptors (Lipinski definition) is 3. The van der Waals surface area contributed by atoms with E-state index in [9.17, 15) is 0 Å². The summed E-state index contributed by atoms with van der Waals surface area (Å²) in [5.41, 5.74) is 4.11. The summed E-state index contributed by atoms with van der Waals surface area (Å²) in [4.78, 5) is 9.53. The highest BCUT2D eigenvalue weighted by Gasteiger charge is 2.40. The Morgan fingerprint density at radius 1 is 0.742 bits per heavy atom. The van der Waals surface area contributed by atoms with Gasteiger partial charge in [-0.05, 0) is 42.2 Å². The molecular weight excluding hydrogens is 380 g/mol. The van der Waals surface area contributed by atoms with E-state index in [1.807, 2.05) is 12.4 Å². The van der Waals surface area contributed by atoms with Crippen LogP contribution in [0.25, 0.3) is 10.8 Å². The number of aromatic nitrogens is 2. The first-order valence-electron chi connectivity index (χ1n) is 11.4. The van der Waals surface area contributed by atoms with Gasteiger partial charge in [0.25, 0.3) is 0 Å². The molecule has 4 heterocycles. The lowest BCUT2D eigenvalue weighted by molar-refractivity contribution is 0.161. The van der Waals surface area contributed by atoms with Gasteiger partial charge in [-0.15, -0.1) is 0 Å². The van der Waals surface area contributed by atoms with Gasteiger partial charge in [-0.1, -0.05) is 42.5 Å². The van der Waals surface area contributed by atoms with Gasteiger partial charge < -0.3 is 9.47 Å². The Kier molecular flexibility index (Phi) is 4.73. The highest BCUT2D eigenvalue weighted by molar-refractivity contribution is 5.94. The largest absolute Gasteiger partial charge is 0.368 e. The summed E-state index contributed by atoms with van der Waals surface area (Å²) < 4.78 is 2.31. The quantitative estimate of drug-likeness (QED) is 0.468. The minimum Gasteiger partial charge on any atom is -0.368 e. The van der Waals surface area contributed by atoms with Crippen molar-refractivity contribution in [2.75, 3.05) is 18.0 Å². The molecule has 2 saturated heterocycles. The van der Waals surface area contributed by atoms with Crippen molar-refractivity contribution in [3.63, 3.8) is 0 Å². The van der Waals surface area contributed by atoms with Crippen LogP contribution in [-0.4, -0.2) is 39.6 Å². The normalized spacial score (nSPS) is 21.1. The number of piperazine rings is 1. The SMILES string of the molecule is c1ccc(CN2C3CCC2CN(c2cccc4cn(Cc5ccncc5)cc24)C3)cc1. The van der Waals surface area contributed by atoms with Crippen molar-refractivity contribution in [2.45, 2.75) is 38.0 Å². The van der Waals surface area contributed by atoms with E-state index in [0.29, 0.717) is 12.1 Å². The minimum atomic E-state index is 0.646. The Hall–Kier alpha value is -3.11. The first-order valence-corrected chi connectivity index (χ1v) is 11.4. The van der Waals surface area contributed by atoms with Gasteiger partial charge in [0.15, 0.2) is 0 Å². The number of hydrogen-bond donors (Lipinski definition) is 0. The summed E-state index contributed by atoms with van der Waals surface area (Å²) in [7, 11) is 0. The van der Waals surface area contributed by atoms with E-state index in [2.05, 4.69) is 92.4 Å². The third kappa shape index (κ3) is 3.61. The molecule has 4 heteroatoms. The van der Waals surface area contributed by atoms with Crippen LogP contribution >= 0.6 is 0 Å². The average molecular weight is 409 g/mol. The molecule has 0 N–H and O–H groups in total. The van der Waals surface area contributed by atoms with Crippen LogP contribution in [0, 0.1) is 0 Å². The van der Waals surface area contributed by atoms with Crippen LogP contribution < -0.4 is 4.90 Å². The number of pyridine rings is 1. The maximum absolute atomic E-state index is 4.14. The zero-order valence-electron chi connectivity index (χ0n) is 17.8. The fourth-order valence-corrected chi connectivity index (χ4v) is 5.51. The lowest BCUT2D eigenvalue weighted by Crippen LogP contribution is -2.53. The van der Waals surface area contributed by atoms with Crippen LogP contribution in [0.15, 0.2) is 85.5 Å². The van der Waals surface area contributed by atoms with Crippen molar-refractivity contribution < 1.29 is 0 Å². The van der Waals surface area contributed by atoms with Gasteiger partial charge in [-0.2, -0.15) is 0 Å². The van der Waals surface area contributed by atoms with E-state index < -0.39 is 0 Å². The van der Waals surface area contributed by atoms with Gasteiger partial charge in [0, 0.05) is 79.5 Å². The lowest BCUT2D eigenvalue weighted by Gasteiger charge is -2.42. The molecule has 4 aromatic rings. The van der Waals surface area contributed by atoms with Crippen LogP contribution in [-0.2, 0) is 13.1 Å². The molecule has 2 aromatic carbocycles. The van der Waals surface area contributed by atoms with E-state index in [-0.39, 0.29) is 0 Å². The highest BCUT2D eigenvalue weighted by atomic mass is 15.3. The number of nitrogens with zero attached hydrogens (tertiary/aromatic N) is 4. The van der Waals surface area contributed by atoms with Crippen molar-refractivity contribution in [2.24, 2.45) is 0 Å². The molecule has 0 spiro atoms. The van der Waals surface area contributed by atoms with Crippen LogP contribution in [0.2, 0.25) is 0 Å². The van der Waals surface area contributed by atoms with Crippen molar-refractivity contribution in [3.05, 3.63) is 96.6 Å². The summed E-state index contributed by atoms with van der Waals surface area (Å²) in [6.45, 7) is 4.21. The van der Waals surface area contributed by atoms with Crippen molar-refractivity contribution in [1.82, 2.24) is 14.5 Å². The van der Waals surface area contributed by atoms with E-state index in [0.717, 1.165) is 26.2 Å². The Morgan fingerprint density at radius 3 is 2.26 bits per heavy atom. The molecule has 2 unspecified atom stereocenters. The summed E-state index contributed by atoms with van der Waals surface area (Å²) in [5, 5.41) is 2.69.